The molecule has 208 valence electrons. The minimum absolute atomic E-state index is 0.111. The number of halogens is 1. The number of nitrogens with zero attached hydrogens (tertiary/aromatic N) is 2. The third kappa shape index (κ3) is 6.50. The molecule has 1 N–H and O–H groups in total. The Hall–Kier alpha value is -4.20. The molecule has 3 aromatic rings. The van der Waals surface area contributed by atoms with Crippen molar-refractivity contribution in [3.05, 3.63) is 90.2 Å². The second-order valence-electron chi connectivity index (χ2n) is 10.6. The highest BCUT2D eigenvalue weighted by Crippen LogP contribution is 2.31. The van der Waals surface area contributed by atoms with Crippen LogP contribution in [0.1, 0.15) is 38.2 Å². The van der Waals surface area contributed by atoms with Gasteiger partial charge in [0, 0.05) is 25.7 Å². The molecule has 8 heteroatoms. The van der Waals surface area contributed by atoms with Crippen LogP contribution in [0, 0.1) is 11.7 Å². The van der Waals surface area contributed by atoms with E-state index in [0.29, 0.717) is 43.1 Å². The van der Waals surface area contributed by atoms with Crippen molar-refractivity contribution in [2.45, 2.75) is 51.1 Å². The number of aryl methyl sites for hydroxylation is 1. The molecule has 3 unspecified atom stereocenters. The summed E-state index contributed by atoms with van der Waals surface area (Å²) in [5.41, 5.74) is 1.82. The van der Waals surface area contributed by atoms with Crippen LogP contribution in [0.5, 0.6) is 11.5 Å². The molecular weight excluding hydrogens is 509 g/mol. The number of carbonyl (C=O) groups excluding carboxylic acids is 3. The second kappa shape index (κ2) is 12.3. The van der Waals surface area contributed by atoms with E-state index in [-0.39, 0.29) is 29.5 Å². The average Bonchev–Trinajstić information content (AvgIpc) is 3.63. The Bertz CT molecular complexity index is 1330. The van der Waals surface area contributed by atoms with Gasteiger partial charge < -0.3 is 19.9 Å². The molecular formula is C32H34FN3O4. The van der Waals surface area contributed by atoms with E-state index >= 15 is 0 Å². The average molecular weight is 544 g/mol. The summed E-state index contributed by atoms with van der Waals surface area (Å²) in [6.45, 7) is 2.56. The first-order valence-electron chi connectivity index (χ1n) is 13.8. The molecule has 2 heterocycles. The minimum Gasteiger partial charge on any atom is -0.457 e. The highest BCUT2D eigenvalue weighted by molar-refractivity contribution is 5.99. The van der Waals surface area contributed by atoms with Crippen LogP contribution in [0.4, 0.5) is 10.1 Å². The van der Waals surface area contributed by atoms with E-state index in [1.807, 2.05) is 18.2 Å². The highest BCUT2D eigenvalue weighted by Gasteiger charge is 2.44. The third-order valence-electron chi connectivity index (χ3n) is 7.77. The lowest BCUT2D eigenvalue weighted by Gasteiger charge is -2.30. The molecule has 40 heavy (non-hydrogen) atoms. The number of ether oxygens (including phenoxy) is 1. The maximum atomic E-state index is 13.7. The zero-order chi connectivity index (χ0) is 28.1. The molecule has 0 saturated carbocycles. The van der Waals surface area contributed by atoms with Crippen molar-refractivity contribution in [1.29, 1.82) is 0 Å². The van der Waals surface area contributed by atoms with Crippen molar-refractivity contribution in [2.24, 2.45) is 5.92 Å². The van der Waals surface area contributed by atoms with Crippen molar-refractivity contribution < 1.29 is 23.5 Å². The molecule has 0 aliphatic carbocycles. The Kier molecular flexibility index (Phi) is 8.43. The third-order valence-corrected chi connectivity index (χ3v) is 7.77. The molecule has 0 aromatic heterocycles. The van der Waals surface area contributed by atoms with Crippen molar-refractivity contribution in [2.75, 3.05) is 18.4 Å². The number of carbonyl (C=O) groups is 3. The highest BCUT2D eigenvalue weighted by atomic mass is 19.1. The fraction of sp³-hybridized carbons (Fsp3) is 0.344. The van der Waals surface area contributed by atoms with E-state index in [2.05, 4.69) is 17.4 Å². The van der Waals surface area contributed by atoms with Gasteiger partial charge in [-0.2, -0.15) is 0 Å². The summed E-state index contributed by atoms with van der Waals surface area (Å²) in [4.78, 5) is 42.7. The van der Waals surface area contributed by atoms with Crippen LogP contribution in [-0.2, 0) is 20.8 Å². The summed E-state index contributed by atoms with van der Waals surface area (Å²) < 4.78 is 18.9. The number of rotatable bonds is 8. The fourth-order valence-electron chi connectivity index (χ4n) is 5.70. The number of likely N-dealkylation sites (tertiary alicyclic amines) is 2. The normalized spacial score (nSPS) is 20.4. The van der Waals surface area contributed by atoms with Crippen LogP contribution in [0.2, 0.25) is 0 Å². The topological polar surface area (TPSA) is 79.0 Å². The molecule has 0 bridgehead atoms. The molecule has 0 radical (unpaired) electrons. The van der Waals surface area contributed by atoms with Crippen LogP contribution >= 0.6 is 0 Å². The number of hydrogen-bond acceptors (Lipinski definition) is 4. The van der Waals surface area contributed by atoms with E-state index in [9.17, 15) is 18.8 Å². The van der Waals surface area contributed by atoms with Gasteiger partial charge in [-0.15, -0.1) is 0 Å². The van der Waals surface area contributed by atoms with Gasteiger partial charge in [0.05, 0.1) is 0 Å². The summed E-state index contributed by atoms with van der Waals surface area (Å²) >= 11 is 0. The molecule has 2 aliphatic heterocycles. The molecule has 3 atom stereocenters. The van der Waals surface area contributed by atoms with Crippen molar-refractivity contribution >= 4 is 23.4 Å². The first-order chi connectivity index (χ1) is 19.4. The van der Waals surface area contributed by atoms with Gasteiger partial charge in [-0.1, -0.05) is 30.3 Å². The van der Waals surface area contributed by atoms with Crippen molar-refractivity contribution in [1.82, 2.24) is 9.80 Å². The van der Waals surface area contributed by atoms with Gasteiger partial charge in [0.15, 0.2) is 0 Å². The standard InChI is InChI=1S/C32H34FN3O4/c1-22(37)35-19-5-8-29(35)32(39)36-21-24(10-9-23-6-3-2-4-7-23)20-30(36)31(38)34-26-13-17-28(18-14-26)40-27-15-11-25(33)12-16-27/h2-4,6-7,11-18,24,29-30H,5,8-10,19-21H2,1H3,(H,34,38). The van der Waals surface area contributed by atoms with Crippen molar-refractivity contribution in [3.8, 4) is 11.5 Å². The lowest BCUT2D eigenvalue weighted by Crippen LogP contribution is -2.51. The summed E-state index contributed by atoms with van der Waals surface area (Å²) in [6.07, 6.45) is 3.72. The van der Waals surface area contributed by atoms with Crippen LogP contribution in [0.25, 0.3) is 0 Å². The molecule has 5 rings (SSSR count). The van der Waals surface area contributed by atoms with Gasteiger partial charge in [-0.3, -0.25) is 14.4 Å². The lowest BCUT2D eigenvalue weighted by atomic mass is 9.97. The van der Waals surface area contributed by atoms with Gasteiger partial charge in [-0.25, -0.2) is 4.39 Å². The summed E-state index contributed by atoms with van der Waals surface area (Å²) in [5.74, 6) is 0.403. The molecule has 2 aliphatic rings. The van der Waals surface area contributed by atoms with Gasteiger partial charge >= 0.3 is 0 Å². The van der Waals surface area contributed by atoms with E-state index in [1.54, 1.807) is 46.2 Å². The van der Waals surface area contributed by atoms with Crippen LogP contribution in [0.15, 0.2) is 78.9 Å². The predicted molar refractivity (Wildman–Crippen MR) is 150 cm³/mol. The van der Waals surface area contributed by atoms with E-state index in [0.717, 1.165) is 19.3 Å². The number of nitrogens with one attached hydrogen (secondary N) is 1. The molecule has 2 fully saturated rings. The Morgan fingerprint density at radius 1 is 0.900 bits per heavy atom. The van der Waals surface area contributed by atoms with Gasteiger partial charge in [0.25, 0.3) is 0 Å². The maximum absolute atomic E-state index is 13.7. The fourth-order valence-corrected chi connectivity index (χ4v) is 5.70. The van der Waals surface area contributed by atoms with E-state index in [4.69, 9.17) is 4.74 Å². The molecule has 3 aromatic carbocycles. The Morgan fingerprint density at radius 2 is 1.57 bits per heavy atom. The number of hydrogen-bond donors (Lipinski definition) is 1. The zero-order valence-electron chi connectivity index (χ0n) is 22.6. The second-order valence-corrected chi connectivity index (χ2v) is 10.6. The van der Waals surface area contributed by atoms with Gasteiger partial charge in [0.1, 0.15) is 29.4 Å². The minimum atomic E-state index is -0.613. The molecule has 0 spiro atoms. The zero-order valence-corrected chi connectivity index (χ0v) is 22.6. The van der Waals surface area contributed by atoms with Crippen LogP contribution in [-0.4, -0.2) is 52.7 Å². The lowest BCUT2D eigenvalue weighted by molar-refractivity contribution is -0.145. The number of benzene rings is 3. The van der Waals surface area contributed by atoms with E-state index < -0.39 is 12.1 Å². The maximum Gasteiger partial charge on any atom is 0.247 e. The van der Waals surface area contributed by atoms with Crippen LogP contribution in [0.3, 0.4) is 0 Å². The quantitative estimate of drug-likeness (QED) is 0.412. The first-order valence-corrected chi connectivity index (χ1v) is 13.8. The van der Waals surface area contributed by atoms with E-state index in [1.165, 1.54) is 24.6 Å². The number of amides is 3. The Balaban J connectivity index is 1.27. The van der Waals surface area contributed by atoms with Crippen molar-refractivity contribution in [3.63, 3.8) is 0 Å². The largest absolute Gasteiger partial charge is 0.457 e. The van der Waals surface area contributed by atoms with Gasteiger partial charge in [-0.05, 0) is 92.1 Å². The molecule has 3 amide bonds. The molecule has 7 nitrogen and oxygen atoms in total. The Labute approximate surface area is 233 Å². The number of anilines is 1. The summed E-state index contributed by atoms with van der Waals surface area (Å²) in [6, 6.07) is 21.7. The van der Waals surface area contributed by atoms with Gasteiger partial charge in [0.2, 0.25) is 17.7 Å². The van der Waals surface area contributed by atoms with Crippen LogP contribution < -0.4 is 10.1 Å². The smallest absolute Gasteiger partial charge is 0.247 e. The first kappa shape index (κ1) is 27.4. The predicted octanol–water partition coefficient (Wildman–Crippen LogP) is 5.42. The molecule has 2 saturated heterocycles. The SMILES string of the molecule is CC(=O)N1CCCC1C(=O)N1CC(CCc2ccccc2)CC1C(=O)Nc1ccc(Oc2ccc(F)cc2)cc1. The Morgan fingerprint density at radius 3 is 2.25 bits per heavy atom. The summed E-state index contributed by atoms with van der Waals surface area (Å²) in [7, 11) is 0. The monoisotopic (exact) mass is 543 g/mol. The summed E-state index contributed by atoms with van der Waals surface area (Å²) in [5, 5.41) is 2.97.